The summed E-state index contributed by atoms with van der Waals surface area (Å²) >= 11 is 0. The molecule has 0 aliphatic rings. The smallest absolute Gasteiger partial charge is 0.264 e. The Hall–Kier alpha value is -3.78. The number of carbonyl (C=O) groups is 1. The Bertz CT molecular complexity index is 1210. The van der Waals surface area contributed by atoms with E-state index < -0.39 is 22.5 Å². The Morgan fingerprint density at radius 2 is 1.73 bits per heavy atom. The van der Waals surface area contributed by atoms with Crippen LogP contribution in [-0.4, -0.2) is 34.6 Å². The number of hydrogen-bond acceptors (Lipinski definition) is 5. The summed E-state index contributed by atoms with van der Waals surface area (Å²) in [5, 5.41) is 2.74. The van der Waals surface area contributed by atoms with Crippen molar-refractivity contribution < 1.29 is 22.7 Å². The molecule has 0 bridgehead atoms. The topological polar surface area (TPSA) is 84.9 Å². The van der Waals surface area contributed by atoms with Gasteiger partial charge in [0.2, 0.25) is 5.91 Å². The van der Waals surface area contributed by atoms with Crippen molar-refractivity contribution >= 4 is 27.3 Å². The van der Waals surface area contributed by atoms with Crippen LogP contribution in [0.1, 0.15) is 5.56 Å². The van der Waals surface area contributed by atoms with Gasteiger partial charge in [-0.05, 0) is 55.5 Å². The lowest BCUT2D eigenvalue weighted by Crippen LogP contribution is -2.38. The maximum atomic E-state index is 13.5. The second kappa shape index (κ2) is 10.7. The summed E-state index contributed by atoms with van der Waals surface area (Å²) in [7, 11) is -2.51. The number of benzene rings is 3. The van der Waals surface area contributed by atoms with Crippen LogP contribution < -0.4 is 19.1 Å². The van der Waals surface area contributed by atoms with Crippen molar-refractivity contribution in [3.8, 4) is 11.5 Å². The zero-order valence-corrected chi connectivity index (χ0v) is 19.3. The van der Waals surface area contributed by atoms with Crippen molar-refractivity contribution in [1.29, 1.82) is 0 Å². The number of ether oxygens (including phenoxy) is 2. The number of hydrogen-bond donors (Lipinski definition) is 1. The highest BCUT2D eigenvalue weighted by molar-refractivity contribution is 7.92. The molecule has 3 aromatic rings. The molecule has 0 unspecified atom stereocenters. The molecular weight excluding hydrogens is 440 g/mol. The third kappa shape index (κ3) is 6.14. The molecule has 0 aliphatic carbocycles. The van der Waals surface area contributed by atoms with E-state index in [2.05, 4.69) is 11.9 Å². The largest absolute Gasteiger partial charge is 0.497 e. The molecular formula is C25H26N2O5S. The number of rotatable bonds is 10. The molecule has 0 fully saturated rings. The fraction of sp³-hybridized carbons (Fsp3) is 0.160. The van der Waals surface area contributed by atoms with E-state index in [-0.39, 0.29) is 4.90 Å². The van der Waals surface area contributed by atoms with Gasteiger partial charge in [-0.2, -0.15) is 0 Å². The Kier molecular flexibility index (Phi) is 7.74. The molecule has 8 heteroatoms. The van der Waals surface area contributed by atoms with Crippen LogP contribution in [0.15, 0.2) is 90.3 Å². The minimum atomic E-state index is -4.02. The quantitative estimate of drug-likeness (QED) is 0.448. The number of carbonyl (C=O) groups excluding carboxylic acids is 1. The van der Waals surface area contributed by atoms with Crippen molar-refractivity contribution in [3.05, 3.63) is 91.0 Å². The third-order valence-electron chi connectivity index (χ3n) is 4.74. The van der Waals surface area contributed by atoms with Gasteiger partial charge in [-0.25, -0.2) is 8.42 Å². The summed E-state index contributed by atoms with van der Waals surface area (Å²) in [4.78, 5) is 12.9. The first kappa shape index (κ1) is 23.9. The maximum Gasteiger partial charge on any atom is 0.264 e. The normalized spacial score (nSPS) is 10.8. The van der Waals surface area contributed by atoms with Crippen LogP contribution in [0.4, 0.5) is 11.4 Å². The lowest BCUT2D eigenvalue weighted by Gasteiger charge is -2.24. The zero-order valence-electron chi connectivity index (χ0n) is 18.5. The standard InChI is InChI=1S/C25H26N2O5S/c1-4-16-32-23-7-5-6-20(17-23)26-25(28)18-27(21-10-8-19(2)9-11-21)33(29,30)24-14-12-22(31-3)13-15-24/h4-15,17H,1,16,18H2,2-3H3,(H,26,28). The van der Waals surface area contributed by atoms with Crippen molar-refractivity contribution in [2.45, 2.75) is 11.8 Å². The lowest BCUT2D eigenvalue weighted by molar-refractivity contribution is -0.114. The molecule has 172 valence electrons. The molecule has 0 heterocycles. The van der Waals surface area contributed by atoms with E-state index in [1.807, 2.05) is 6.92 Å². The second-order valence-electron chi connectivity index (χ2n) is 7.20. The molecule has 1 N–H and O–H groups in total. The molecule has 0 radical (unpaired) electrons. The minimum absolute atomic E-state index is 0.0523. The molecule has 0 spiro atoms. The second-order valence-corrected chi connectivity index (χ2v) is 9.06. The van der Waals surface area contributed by atoms with Crippen LogP contribution in [0.5, 0.6) is 11.5 Å². The highest BCUT2D eigenvalue weighted by atomic mass is 32.2. The fourth-order valence-corrected chi connectivity index (χ4v) is 4.47. The summed E-state index contributed by atoms with van der Waals surface area (Å²) in [5.41, 5.74) is 1.85. The van der Waals surface area contributed by atoms with E-state index >= 15 is 0 Å². The molecule has 7 nitrogen and oxygen atoms in total. The van der Waals surface area contributed by atoms with Crippen molar-refractivity contribution in [1.82, 2.24) is 0 Å². The van der Waals surface area contributed by atoms with E-state index in [0.29, 0.717) is 29.5 Å². The van der Waals surface area contributed by atoms with E-state index in [9.17, 15) is 13.2 Å². The number of nitrogens with zero attached hydrogens (tertiary/aromatic N) is 1. The SMILES string of the molecule is C=CCOc1cccc(NC(=O)CN(c2ccc(C)cc2)S(=O)(=O)c2ccc(OC)cc2)c1. The van der Waals surface area contributed by atoms with Crippen LogP contribution in [-0.2, 0) is 14.8 Å². The van der Waals surface area contributed by atoms with Gasteiger partial charge in [0.1, 0.15) is 24.7 Å². The van der Waals surface area contributed by atoms with E-state index in [1.165, 1.54) is 19.2 Å². The van der Waals surface area contributed by atoms with Crippen LogP contribution >= 0.6 is 0 Å². The van der Waals surface area contributed by atoms with E-state index in [1.54, 1.807) is 66.7 Å². The van der Waals surface area contributed by atoms with Crippen molar-refractivity contribution in [2.75, 3.05) is 29.9 Å². The molecule has 0 atom stereocenters. The zero-order chi connectivity index (χ0) is 23.8. The third-order valence-corrected chi connectivity index (χ3v) is 6.53. The Morgan fingerprint density at radius 1 is 1.03 bits per heavy atom. The van der Waals surface area contributed by atoms with Gasteiger partial charge < -0.3 is 14.8 Å². The number of amides is 1. The van der Waals surface area contributed by atoms with Crippen LogP contribution in [0.25, 0.3) is 0 Å². The first-order valence-electron chi connectivity index (χ1n) is 10.2. The van der Waals surface area contributed by atoms with Gasteiger partial charge in [0.25, 0.3) is 10.0 Å². The Labute approximate surface area is 194 Å². The van der Waals surface area contributed by atoms with Gasteiger partial charge in [0, 0.05) is 11.8 Å². The van der Waals surface area contributed by atoms with Gasteiger partial charge in [0.15, 0.2) is 0 Å². The monoisotopic (exact) mass is 466 g/mol. The molecule has 3 rings (SSSR count). The predicted octanol–water partition coefficient (Wildman–Crippen LogP) is 4.40. The van der Waals surface area contributed by atoms with Crippen molar-refractivity contribution in [3.63, 3.8) is 0 Å². The average molecular weight is 467 g/mol. The molecule has 33 heavy (non-hydrogen) atoms. The molecule has 1 amide bonds. The number of nitrogens with one attached hydrogen (secondary N) is 1. The number of methoxy groups -OCH3 is 1. The van der Waals surface area contributed by atoms with E-state index in [0.717, 1.165) is 9.87 Å². The molecule has 0 saturated carbocycles. The highest BCUT2D eigenvalue weighted by Crippen LogP contribution is 2.26. The average Bonchev–Trinajstić information content (AvgIpc) is 2.82. The summed E-state index contributed by atoms with van der Waals surface area (Å²) in [6.45, 7) is 5.43. The van der Waals surface area contributed by atoms with Crippen LogP contribution in [0.3, 0.4) is 0 Å². The van der Waals surface area contributed by atoms with Crippen LogP contribution in [0.2, 0.25) is 0 Å². The number of sulfonamides is 1. The molecule has 0 aliphatic heterocycles. The van der Waals surface area contributed by atoms with Gasteiger partial charge in [-0.15, -0.1) is 0 Å². The molecule has 0 saturated heterocycles. The summed E-state index contributed by atoms with van der Waals surface area (Å²) in [5.74, 6) is 0.606. The van der Waals surface area contributed by atoms with Gasteiger partial charge >= 0.3 is 0 Å². The first-order chi connectivity index (χ1) is 15.8. The van der Waals surface area contributed by atoms with E-state index in [4.69, 9.17) is 9.47 Å². The summed E-state index contributed by atoms with van der Waals surface area (Å²) in [6, 6.07) is 19.8. The lowest BCUT2D eigenvalue weighted by atomic mass is 10.2. The summed E-state index contributed by atoms with van der Waals surface area (Å²) < 4.78 is 38.6. The molecule has 3 aromatic carbocycles. The Balaban J connectivity index is 1.87. The predicted molar refractivity (Wildman–Crippen MR) is 129 cm³/mol. The Morgan fingerprint density at radius 3 is 2.36 bits per heavy atom. The molecule has 0 aromatic heterocycles. The minimum Gasteiger partial charge on any atom is -0.497 e. The van der Waals surface area contributed by atoms with Crippen LogP contribution in [0, 0.1) is 6.92 Å². The highest BCUT2D eigenvalue weighted by Gasteiger charge is 2.27. The van der Waals surface area contributed by atoms with Gasteiger partial charge in [-0.3, -0.25) is 9.10 Å². The number of anilines is 2. The maximum absolute atomic E-state index is 13.5. The van der Waals surface area contributed by atoms with Crippen molar-refractivity contribution in [2.24, 2.45) is 0 Å². The van der Waals surface area contributed by atoms with Gasteiger partial charge in [-0.1, -0.05) is 36.4 Å². The first-order valence-corrected chi connectivity index (χ1v) is 11.6. The summed E-state index contributed by atoms with van der Waals surface area (Å²) in [6.07, 6.45) is 1.62. The fourth-order valence-electron chi connectivity index (χ4n) is 3.05. The van der Waals surface area contributed by atoms with Gasteiger partial charge in [0.05, 0.1) is 17.7 Å². The number of aryl methyl sites for hydroxylation is 1.